The van der Waals surface area contributed by atoms with Gasteiger partial charge in [-0.3, -0.25) is 0 Å². The highest BCUT2D eigenvalue weighted by molar-refractivity contribution is 5.81. The number of aliphatic hydroxyl groups excluding tert-OH is 1. The lowest BCUT2D eigenvalue weighted by molar-refractivity contribution is -0.138. The van der Waals surface area contributed by atoms with Crippen molar-refractivity contribution in [3.63, 3.8) is 0 Å². The van der Waals surface area contributed by atoms with Crippen LogP contribution in [0.1, 0.15) is 0 Å². The quantitative estimate of drug-likeness (QED) is 0.382. The van der Waals surface area contributed by atoms with Crippen LogP contribution in [-0.2, 0) is 9.53 Å². The number of aliphatic hydroxyl groups is 1. The highest BCUT2D eigenvalue weighted by Crippen LogP contribution is 1.75. The van der Waals surface area contributed by atoms with Crippen molar-refractivity contribution < 1.29 is 14.6 Å². The van der Waals surface area contributed by atoms with Crippen molar-refractivity contribution >= 4 is 5.97 Å². The van der Waals surface area contributed by atoms with Gasteiger partial charge in [0.2, 0.25) is 0 Å². The van der Waals surface area contributed by atoms with Crippen molar-refractivity contribution in [3.8, 4) is 0 Å². The predicted octanol–water partition coefficient (Wildman–Crippen LogP) is 6.13. The summed E-state index contributed by atoms with van der Waals surface area (Å²) in [6, 6.07) is 0. The summed E-state index contributed by atoms with van der Waals surface area (Å²) in [7, 11) is 0. The third-order valence-corrected chi connectivity index (χ3v) is 0.502. The van der Waals surface area contributed by atoms with Gasteiger partial charge in [0.15, 0.2) is 0 Å². The van der Waals surface area contributed by atoms with Crippen molar-refractivity contribution in [2.24, 2.45) is 0 Å². The van der Waals surface area contributed by atoms with Gasteiger partial charge in [-0.2, -0.15) is 0 Å². The second-order valence-electron chi connectivity index (χ2n) is 1.10. The fourth-order valence-electron chi connectivity index (χ4n) is 0.205. The van der Waals surface area contributed by atoms with E-state index in [0.29, 0.717) is 0 Å². The molecule has 0 heterocycles. The van der Waals surface area contributed by atoms with Gasteiger partial charge in [0.1, 0.15) is 6.61 Å². The molecule has 0 radical (unpaired) electrons. The van der Waals surface area contributed by atoms with E-state index in [0.717, 1.165) is 6.08 Å². The molecule has 0 fully saturated rings. The molecule has 0 rings (SSSR count). The van der Waals surface area contributed by atoms with E-state index in [4.69, 9.17) is 5.11 Å². The summed E-state index contributed by atoms with van der Waals surface area (Å²) in [5.41, 5.74) is 0. The number of ether oxygens (including phenoxy) is 1. The van der Waals surface area contributed by atoms with Crippen LogP contribution in [0.5, 0.6) is 0 Å². The molecule has 24 heavy (non-hydrogen) atoms. The van der Waals surface area contributed by atoms with E-state index in [1.54, 1.807) is 0 Å². The highest BCUT2D eigenvalue weighted by Gasteiger charge is 1.90. The number of rotatable bonds is 3. The van der Waals surface area contributed by atoms with E-state index >= 15 is 0 Å². The van der Waals surface area contributed by atoms with Crippen LogP contribution in [0, 0.1) is 0 Å². The van der Waals surface area contributed by atoms with Crippen molar-refractivity contribution in [1.29, 1.82) is 0 Å². The molecule has 0 aliphatic carbocycles. The lowest BCUT2D eigenvalue weighted by Crippen LogP contribution is -2.04. The smallest absolute Gasteiger partial charge is 0.330 e. The van der Waals surface area contributed by atoms with E-state index in [-0.39, 0.29) is 13.2 Å². The normalized spacial score (nSPS) is 4.04. The molecule has 0 unspecified atom stereocenters. The molecule has 0 aromatic heterocycles. The standard InChI is InChI=1S/C5H8O3.8C2H4/c1-2-5(7)8-4-3-6;8*1-2/h2,6H,1,3-4H2;8*1-2H2. The van der Waals surface area contributed by atoms with Crippen LogP contribution < -0.4 is 0 Å². The molecular formula is C21H40O3. The monoisotopic (exact) mass is 340 g/mol. The highest BCUT2D eigenvalue weighted by atomic mass is 16.5. The Morgan fingerprint density at radius 3 is 1.00 bits per heavy atom. The molecule has 0 aromatic carbocycles. The van der Waals surface area contributed by atoms with Gasteiger partial charge in [-0.1, -0.05) is 6.58 Å². The minimum atomic E-state index is -0.501. The maximum atomic E-state index is 10.1. The van der Waals surface area contributed by atoms with Gasteiger partial charge in [-0.25, -0.2) is 4.79 Å². The number of carbonyl (C=O) groups is 1. The van der Waals surface area contributed by atoms with Gasteiger partial charge in [0.25, 0.3) is 0 Å². The van der Waals surface area contributed by atoms with Crippen molar-refractivity contribution in [1.82, 2.24) is 0 Å². The van der Waals surface area contributed by atoms with E-state index < -0.39 is 5.97 Å². The maximum Gasteiger partial charge on any atom is 0.330 e. The van der Waals surface area contributed by atoms with Crippen LogP contribution in [-0.4, -0.2) is 24.3 Å². The van der Waals surface area contributed by atoms with E-state index in [1.165, 1.54) is 0 Å². The van der Waals surface area contributed by atoms with E-state index in [2.05, 4.69) is 117 Å². The Labute approximate surface area is 152 Å². The van der Waals surface area contributed by atoms with Crippen molar-refractivity contribution in [3.05, 3.63) is 118 Å². The second kappa shape index (κ2) is 438. The summed E-state index contributed by atoms with van der Waals surface area (Å²) in [5, 5.41) is 8.10. The molecule has 142 valence electrons. The average Bonchev–Trinajstić information content (AvgIpc) is 2.77. The lowest BCUT2D eigenvalue weighted by Gasteiger charge is -1.94. The molecule has 0 spiro atoms. The zero-order valence-corrected chi connectivity index (χ0v) is 15.8. The first-order valence-electron chi connectivity index (χ1n) is 6.21. The SMILES string of the molecule is C=C.C=C.C=C.C=C.C=C.C=C.C=C.C=C.C=CC(=O)OCCO. The zero-order valence-electron chi connectivity index (χ0n) is 15.8. The molecule has 0 amide bonds. The van der Waals surface area contributed by atoms with Crippen LogP contribution in [0.15, 0.2) is 118 Å². The average molecular weight is 341 g/mol. The molecule has 0 aromatic rings. The largest absolute Gasteiger partial charge is 0.460 e. The summed E-state index contributed by atoms with van der Waals surface area (Å²) < 4.78 is 4.33. The summed E-state index contributed by atoms with van der Waals surface area (Å²) >= 11 is 0. The third kappa shape index (κ3) is 654. The van der Waals surface area contributed by atoms with Crippen LogP contribution in [0.3, 0.4) is 0 Å². The number of esters is 1. The minimum absolute atomic E-state index is 0.0465. The minimum Gasteiger partial charge on any atom is -0.460 e. The Balaban J connectivity index is -0.0000000172. The third-order valence-electron chi connectivity index (χ3n) is 0.502. The van der Waals surface area contributed by atoms with E-state index in [9.17, 15) is 4.79 Å². The number of carbonyl (C=O) groups excluding carboxylic acids is 1. The summed E-state index contributed by atoms with van der Waals surface area (Å²) in [5.74, 6) is -0.501. The summed E-state index contributed by atoms with van der Waals surface area (Å²) in [6.45, 7) is 51.1. The Hall–Kier alpha value is -2.91. The van der Waals surface area contributed by atoms with Crippen LogP contribution >= 0.6 is 0 Å². The van der Waals surface area contributed by atoms with Gasteiger partial charge in [0, 0.05) is 6.08 Å². The fourth-order valence-corrected chi connectivity index (χ4v) is 0.205. The summed E-state index contributed by atoms with van der Waals surface area (Å²) in [4.78, 5) is 10.1. The first-order valence-corrected chi connectivity index (χ1v) is 6.21. The maximum absolute atomic E-state index is 10.1. The Kier molecular flexibility index (Phi) is 1060. The Morgan fingerprint density at radius 1 is 0.667 bits per heavy atom. The molecule has 3 nitrogen and oxygen atoms in total. The van der Waals surface area contributed by atoms with Gasteiger partial charge in [0.05, 0.1) is 6.61 Å². The molecule has 3 heteroatoms. The van der Waals surface area contributed by atoms with Crippen molar-refractivity contribution in [2.75, 3.05) is 13.2 Å². The topological polar surface area (TPSA) is 46.5 Å². The van der Waals surface area contributed by atoms with Gasteiger partial charge < -0.3 is 9.84 Å². The molecule has 0 saturated carbocycles. The first-order chi connectivity index (χ1) is 11.8. The Morgan fingerprint density at radius 2 is 0.875 bits per heavy atom. The van der Waals surface area contributed by atoms with Gasteiger partial charge in [-0.15, -0.1) is 105 Å². The number of hydrogen-bond donors (Lipinski definition) is 1. The van der Waals surface area contributed by atoms with Crippen molar-refractivity contribution in [2.45, 2.75) is 0 Å². The molecule has 0 saturated heterocycles. The zero-order chi connectivity index (χ0) is 22.4. The van der Waals surface area contributed by atoms with E-state index in [1.807, 2.05) is 0 Å². The molecule has 0 aliphatic heterocycles. The molecular weight excluding hydrogens is 300 g/mol. The molecule has 1 N–H and O–H groups in total. The van der Waals surface area contributed by atoms with Gasteiger partial charge >= 0.3 is 5.97 Å². The second-order valence-corrected chi connectivity index (χ2v) is 1.10. The summed E-state index contributed by atoms with van der Waals surface area (Å²) in [6.07, 6.45) is 1.05. The lowest BCUT2D eigenvalue weighted by atomic mass is 10.6. The molecule has 0 aliphatic rings. The molecule has 0 bridgehead atoms. The Bertz CT molecular complexity index is 156. The number of hydrogen-bond acceptors (Lipinski definition) is 3. The predicted molar refractivity (Wildman–Crippen MR) is 118 cm³/mol. The van der Waals surface area contributed by atoms with Crippen LogP contribution in [0.2, 0.25) is 0 Å². The fraction of sp³-hybridized carbons (Fsp3) is 0.0952. The molecule has 0 atom stereocenters. The van der Waals surface area contributed by atoms with Crippen LogP contribution in [0.25, 0.3) is 0 Å². The first kappa shape index (κ1) is 58.2. The van der Waals surface area contributed by atoms with Gasteiger partial charge in [-0.05, 0) is 0 Å². The van der Waals surface area contributed by atoms with Crippen LogP contribution in [0.4, 0.5) is 0 Å².